The lowest BCUT2D eigenvalue weighted by Crippen LogP contribution is -2.34. The molecular weight excluding hydrogens is 212 g/mol. The maximum atomic E-state index is 9.21. The van der Waals surface area contributed by atoms with Gasteiger partial charge in [-0.25, -0.2) is 0 Å². The number of benzene rings is 1. The van der Waals surface area contributed by atoms with E-state index in [4.69, 9.17) is 11.0 Å². The van der Waals surface area contributed by atoms with Gasteiger partial charge in [0.1, 0.15) is 0 Å². The van der Waals surface area contributed by atoms with Crippen molar-refractivity contribution >= 4 is 12.4 Å². The quantitative estimate of drug-likeness (QED) is 0.815. The fraction of sp³-hybridized carbons (Fsp3) is 0.364. The second-order valence-corrected chi connectivity index (χ2v) is 3.42. The molecule has 0 aliphatic heterocycles. The molecule has 0 heterocycles. The molecular formula is C11H15ClN2O. The van der Waals surface area contributed by atoms with Crippen LogP contribution in [0.3, 0.4) is 0 Å². The van der Waals surface area contributed by atoms with E-state index >= 15 is 0 Å². The molecule has 3 N–H and O–H groups in total. The first-order valence-electron chi connectivity index (χ1n) is 4.56. The molecule has 2 unspecified atom stereocenters. The smallest absolute Gasteiger partial charge is 0.0991 e. The van der Waals surface area contributed by atoms with Crippen LogP contribution < -0.4 is 5.73 Å². The lowest BCUT2D eigenvalue weighted by Gasteiger charge is -2.14. The summed E-state index contributed by atoms with van der Waals surface area (Å²) in [5.41, 5.74) is 7.38. The molecule has 0 saturated carbocycles. The number of aliphatic hydroxyl groups is 1. The minimum Gasteiger partial charge on any atom is -0.392 e. The van der Waals surface area contributed by atoms with Gasteiger partial charge in [-0.05, 0) is 31.0 Å². The van der Waals surface area contributed by atoms with Crippen molar-refractivity contribution in [3.63, 3.8) is 0 Å². The van der Waals surface area contributed by atoms with E-state index in [1.54, 1.807) is 19.1 Å². The molecule has 0 radical (unpaired) electrons. The van der Waals surface area contributed by atoms with E-state index in [9.17, 15) is 5.11 Å². The van der Waals surface area contributed by atoms with Crippen LogP contribution >= 0.6 is 12.4 Å². The van der Waals surface area contributed by atoms with Crippen LogP contribution in [0.1, 0.15) is 18.1 Å². The summed E-state index contributed by atoms with van der Waals surface area (Å²) in [6, 6.07) is 9.03. The molecule has 0 spiro atoms. The molecule has 0 aliphatic rings. The van der Waals surface area contributed by atoms with E-state index < -0.39 is 6.10 Å². The third-order valence-corrected chi connectivity index (χ3v) is 2.17. The van der Waals surface area contributed by atoms with E-state index in [0.29, 0.717) is 12.0 Å². The van der Waals surface area contributed by atoms with Gasteiger partial charge in [-0.15, -0.1) is 12.4 Å². The maximum Gasteiger partial charge on any atom is 0.0991 e. The SMILES string of the molecule is CC(O)C(N)Cc1ccc(C#N)cc1.Cl. The Morgan fingerprint density at radius 3 is 2.33 bits per heavy atom. The molecule has 0 bridgehead atoms. The molecule has 1 aromatic carbocycles. The van der Waals surface area contributed by atoms with E-state index in [2.05, 4.69) is 0 Å². The molecule has 0 fully saturated rings. The molecule has 2 atom stereocenters. The summed E-state index contributed by atoms with van der Waals surface area (Å²) in [4.78, 5) is 0. The normalized spacial score (nSPS) is 13.5. The van der Waals surface area contributed by atoms with E-state index in [1.165, 1.54) is 0 Å². The Labute approximate surface area is 95.9 Å². The predicted molar refractivity (Wildman–Crippen MR) is 61.8 cm³/mol. The maximum absolute atomic E-state index is 9.21. The van der Waals surface area contributed by atoms with Gasteiger partial charge in [-0.3, -0.25) is 0 Å². The van der Waals surface area contributed by atoms with Crippen molar-refractivity contribution in [1.82, 2.24) is 0 Å². The second kappa shape index (κ2) is 6.41. The lowest BCUT2D eigenvalue weighted by atomic mass is 10.0. The first kappa shape index (κ1) is 13.9. The van der Waals surface area contributed by atoms with Gasteiger partial charge >= 0.3 is 0 Å². The summed E-state index contributed by atoms with van der Waals surface area (Å²) in [6.45, 7) is 1.67. The van der Waals surface area contributed by atoms with Gasteiger partial charge in [0.25, 0.3) is 0 Å². The van der Waals surface area contributed by atoms with Crippen LogP contribution in [-0.2, 0) is 6.42 Å². The Hall–Kier alpha value is -1.08. The zero-order chi connectivity index (χ0) is 10.6. The number of rotatable bonds is 3. The summed E-state index contributed by atoms with van der Waals surface area (Å²) in [5.74, 6) is 0. The highest BCUT2D eigenvalue weighted by atomic mass is 35.5. The highest BCUT2D eigenvalue weighted by Crippen LogP contribution is 2.06. The van der Waals surface area contributed by atoms with Crippen molar-refractivity contribution < 1.29 is 5.11 Å². The standard InChI is InChI=1S/C11H14N2O.ClH/c1-8(14)11(13)6-9-2-4-10(7-12)5-3-9;/h2-5,8,11,14H,6,13H2,1H3;1H. The Balaban J connectivity index is 0.00000196. The molecule has 15 heavy (non-hydrogen) atoms. The first-order valence-corrected chi connectivity index (χ1v) is 4.56. The number of aliphatic hydroxyl groups excluding tert-OH is 1. The highest BCUT2D eigenvalue weighted by Gasteiger charge is 2.09. The molecule has 3 nitrogen and oxygen atoms in total. The van der Waals surface area contributed by atoms with Crippen LogP contribution in [0.2, 0.25) is 0 Å². The lowest BCUT2D eigenvalue weighted by molar-refractivity contribution is 0.163. The average Bonchev–Trinajstić information content (AvgIpc) is 2.19. The van der Waals surface area contributed by atoms with Crippen LogP contribution in [-0.4, -0.2) is 17.3 Å². The van der Waals surface area contributed by atoms with Gasteiger partial charge in [0.15, 0.2) is 0 Å². The zero-order valence-corrected chi connectivity index (χ0v) is 9.37. The van der Waals surface area contributed by atoms with Crippen LogP contribution in [0.4, 0.5) is 0 Å². The number of halogens is 1. The molecule has 1 rings (SSSR count). The monoisotopic (exact) mass is 226 g/mol. The molecule has 0 aliphatic carbocycles. The summed E-state index contributed by atoms with van der Waals surface area (Å²) in [7, 11) is 0. The van der Waals surface area contributed by atoms with Crippen molar-refractivity contribution in [2.24, 2.45) is 5.73 Å². The predicted octanol–water partition coefficient (Wildman–Crippen LogP) is 1.23. The van der Waals surface area contributed by atoms with Crippen LogP contribution in [0.5, 0.6) is 0 Å². The van der Waals surface area contributed by atoms with Crippen molar-refractivity contribution in [2.45, 2.75) is 25.5 Å². The Morgan fingerprint density at radius 1 is 1.40 bits per heavy atom. The Kier molecular flexibility index (Phi) is 5.95. The number of nitrogens with zero attached hydrogens (tertiary/aromatic N) is 1. The minimum absolute atomic E-state index is 0. The van der Waals surface area contributed by atoms with E-state index in [-0.39, 0.29) is 18.4 Å². The highest BCUT2D eigenvalue weighted by molar-refractivity contribution is 5.85. The molecule has 0 amide bonds. The number of hydrogen-bond acceptors (Lipinski definition) is 3. The fourth-order valence-electron chi connectivity index (χ4n) is 1.16. The third kappa shape index (κ3) is 4.30. The number of hydrogen-bond donors (Lipinski definition) is 2. The Bertz CT molecular complexity index is 329. The van der Waals surface area contributed by atoms with Gasteiger partial charge in [0, 0.05) is 6.04 Å². The van der Waals surface area contributed by atoms with Crippen LogP contribution in [0.25, 0.3) is 0 Å². The van der Waals surface area contributed by atoms with Crippen molar-refractivity contribution in [3.8, 4) is 6.07 Å². The van der Waals surface area contributed by atoms with E-state index in [1.807, 2.05) is 18.2 Å². The molecule has 0 aromatic heterocycles. The van der Waals surface area contributed by atoms with Crippen LogP contribution in [0, 0.1) is 11.3 Å². The number of nitriles is 1. The first-order chi connectivity index (χ1) is 6.63. The zero-order valence-electron chi connectivity index (χ0n) is 8.55. The van der Waals surface area contributed by atoms with Gasteiger partial charge in [0.05, 0.1) is 17.7 Å². The molecule has 4 heteroatoms. The second-order valence-electron chi connectivity index (χ2n) is 3.42. The van der Waals surface area contributed by atoms with Crippen molar-refractivity contribution in [2.75, 3.05) is 0 Å². The summed E-state index contributed by atoms with van der Waals surface area (Å²) in [6.07, 6.45) is 0.120. The van der Waals surface area contributed by atoms with Gasteiger partial charge in [0.2, 0.25) is 0 Å². The summed E-state index contributed by atoms with van der Waals surface area (Å²) < 4.78 is 0. The van der Waals surface area contributed by atoms with Crippen molar-refractivity contribution in [1.29, 1.82) is 5.26 Å². The van der Waals surface area contributed by atoms with Gasteiger partial charge in [-0.1, -0.05) is 12.1 Å². The summed E-state index contributed by atoms with van der Waals surface area (Å²) >= 11 is 0. The average molecular weight is 227 g/mol. The number of nitrogens with two attached hydrogens (primary N) is 1. The Morgan fingerprint density at radius 2 is 1.93 bits per heavy atom. The van der Waals surface area contributed by atoms with Crippen LogP contribution in [0.15, 0.2) is 24.3 Å². The van der Waals surface area contributed by atoms with Gasteiger partial charge < -0.3 is 10.8 Å². The molecule has 1 aromatic rings. The molecule has 82 valence electrons. The summed E-state index contributed by atoms with van der Waals surface area (Å²) in [5, 5.41) is 17.8. The van der Waals surface area contributed by atoms with E-state index in [0.717, 1.165) is 5.56 Å². The fourth-order valence-corrected chi connectivity index (χ4v) is 1.16. The largest absolute Gasteiger partial charge is 0.392 e. The molecule has 0 saturated heterocycles. The van der Waals surface area contributed by atoms with Crippen molar-refractivity contribution in [3.05, 3.63) is 35.4 Å². The van der Waals surface area contributed by atoms with Gasteiger partial charge in [-0.2, -0.15) is 5.26 Å². The third-order valence-electron chi connectivity index (χ3n) is 2.17. The minimum atomic E-state index is -0.509. The topological polar surface area (TPSA) is 70.0 Å².